The number of ether oxygens (including phenoxy) is 2. The fourth-order valence-electron chi connectivity index (χ4n) is 2.33. The van der Waals surface area contributed by atoms with Crippen LogP contribution in [0.5, 0.6) is 11.5 Å². The average molecular weight is 257 g/mol. The van der Waals surface area contributed by atoms with Crippen molar-refractivity contribution in [3.8, 4) is 17.6 Å². The third kappa shape index (κ3) is 1.99. The van der Waals surface area contributed by atoms with Crippen molar-refractivity contribution < 1.29 is 9.47 Å². The van der Waals surface area contributed by atoms with Gasteiger partial charge in [-0.05, 0) is 5.92 Å². The Labute approximate surface area is 111 Å². The number of aromatic nitrogens is 2. The van der Waals surface area contributed by atoms with E-state index in [0.717, 1.165) is 34.8 Å². The Morgan fingerprint density at radius 1 is 1.37 bits per heavy atom. The van der Waals surface area contributed by atoms with E-state index in [2.05, 4.69) is 24.9 Å². The van der Waals surface area contributed by atoms with Gasteiger partial charge < -0.3 is 14.0 Å². The number of rotatable bonds is 3. The summed E-state index contributed by atoms with van der Waals surface area (Å²) in [6.07, 6.45) is 0.850. The number of imidazole rings is 1. The molecule has 1 aliphatic rings. The van der Waals surface area contributed by atoms with Crippen molar-refractivity contribution in [2.45, 2.75) is 26.8 Å². The topological polar surface area (TPSA) is 60.1 Å². The van der Waals surface area contributed by atoms with Crippen molar-refractivity contribution in [2.75, 3.05) is 6.79 Å². The second kappa shape index (κ2) is 4.47. The predicted octanol–water partition coefficient (Wildman–Crippen LogP) is 2.49. The summed E-state index contributed by atoms with van der Waals surface area (Å²) in [4.78, 5) is 4.63. The molecular formula is C14H15N3O2. The Balaban J connectivity index is 2.16. The first-order chi connectivity index (χ1) is 9.19. The zero-order valence-electron chi connectivity index (χ0n) is 11.0. The van der Waals surface area contributed by atoms with E-state index < -0.39 is 0 Å². The van der Waals surface area contributed by atoms with Crippen LogP contribution in [-0.4, -0.2) is 16.3 Å². The molecule has 1 aromatic heterocycles. The van der Waals surface area contributed by atoms with Gasteiger partial charge in [0.15, 0.2) is 11.5 Å². The van der Waals surface area contributed by atoms with Crippen molar-refractivity contribution in [3.05, 3.63) is 18.0 Å². The lowest BCUT2D eigenvalue weighted by molar-refractivity contribution is 0.174. The van der Waals surface area contributed by atoms with Gasteiger partial charge in [0.05, 0.1) is 17.1 Å². The van der Waals surface area contributed by atoms with Crippen LogP contribution in [0.2, 0.25) is 0 Å². The fourth-order valence-corrected chi connectivity index (χ4v) is 2.33. The molecule has 0 fully saturated rings. The maximum absolute atomic E-state index is 8.99. The Morgan fingerprint density at radius 2 is 2.11 bits per heavy atom. The van der Waals surface area contributed by atoms with E-state index in [-0.39, 0.29) is 6.79 Å². The maximum atomic E-state index is 8.99. The normalized spacial score (nSPS) is 13.2. The van der Waals surface area contributed by atoms with E-state index >= 15 is 0 Å². The minimum Gasteiger partial charge on any atom is -0.454 e. The third-order valence-electron chi connectivity index (χ3n) is 3.14. The second-order valence-corrected chi connectivity index (χ2v) is 5.06. The number of nitrogens with zero attached hydrogens (tertiary/aromatic N) is 3. The molecule has 98 valence electrons. The van der Waals surface area contributed by atoms with Crippen LogP contribution in [0.3, 0.4) is 0 Å². The van der Waals surface area contributed by atoms with Crippen LogP contribution >= 0.6 is 0 Å². The summed E-state index contributed by atoms with van der Waals surface area (Å²) >= 11 is 0. The summed E-state index contributed by atoms with van der Waals surface area (Å²) in [5, 5.41) is 8.99. The van der Waals surface area contributed by atoms with E-state index in [1.807, 2.05) is 16.7 Å². The highest BCUT2D eigenvalue weighted by molar-refractivity contribution is 5.81. The molecule has 0 amide bonds. The van der Waals surface area contributed by atoms with E-state index in [1.165, 1.54) is 0 Å². The lowest BCUT2D eigenvalue weighted by Gasteiger charge is -2.06. The van der Waals surface area contributed by atoms with Crippen molar-refractivity contribution in [2.24, 2.45) is 5.92 Å². The van der Waals surface area contributed by atoms with Gasteiger partial charge in [-0.2, -0.15) is 5.26 Å². The minimum atomic E-state index is 0.249. The second-order valence-electron chi connectivity index (χ2n) is 5.06. The van der Waals surface area contributed by atoms with Crippen molar-refractivity contribution in [1.82, 2.24) is 9.55 Å². The van der Waals surface area contributed by atoms with Gasteiger partial charge >= 0.3 is 0 Å². The Kier molecular flexibility index (Phi) is 2.79. The lowest BCUT2D eigenvalue weighted by Crippen LogP contribution is -2.06. The highest BCUT2D eigenvalue weighted by Crippen LogP contribution is 2.36. The van der Waals surface area contributed by atoms with Gasteiger partial charge in [0.2, 0.25) is 6.79 Å². The first kappa shape index (κ1) is 11.8. The van der Waals surface area contributed by atoms with Gasteiger partial charge in [0.25, 0.3) is 0 Å². The molecule has 0 radical (unpaired) electrons. The first-order valence-corrected chi connectivity index (χ1v) is 6.34. The van der Waals surface area contributed by atoms with Gasteiger partial charge in [-0.15, -0.1) is 0 Å². The zero-order chi connectivity index (χ0) is 13.4. The standard InChI is InChI=1S/C14H15N3O2/c1-9(2)5-14-16-10-6-12-13(19-8-18-12)7-11(10)17(14)4-3-15/h6-7,9H,4-5,8H2,1-2H3. The van der Waals surface area contributed by atoms with Crippen LogP contribution in [0.15, 0.2) is 12.1 Å². The molecule has 2 heterocycles. The predicted molar refractivity (Wildman–Crippen MR) is 70.0 cm³/mol. The summed E-state index contributed by atoms with van der Waals surface area (Å²) in [6, 6.07) is 5.99. The van der Waals surface area contributed by atoms with E-state index in [4.69, 9.17) is 14.7 Å². The molecule has 2 aromatic rings. The average Bonchev–Trinajstić information content (AvgIpc) is 2.92. The smallest absolute Gasteiger partial charge is 0.231 e. The van der Waals surface area contributed by atoms with Gasteiger partial charge in [0, 0.05) is 18.6 Å². The number of fused-ring (bicyclic) bond motifs is 2. The molecule has 0 bridgehead atoms. The van der Waals surface area contributed by atoms with Crippen LogP contribution < -0.4 is 9.47 Å². The monoisotopic (exact) mass is 257 g/mol. The van der Waals surface area contributed by atoms with E-state index in [0.29, 0.717) is 12.5 Å². The summed E-state index contributed by atoms with van der Waals surface area (Å²) < 4.78 is 12.7. The lowest BCUT2D eigenvalue weighted by atomic mass is 10.1. The van der Waals surface area contributed by atoms with E-state index in [1.54, 1.807) is 0 Å². The van der Waals surface area contributed by atoms with Crippen LogP contribution in [0.4, 0.5) is 0 Å². The quantitative estimate of drug-likeness (QED) is 0.847. The maximum Gasteiger partial charge on any atom is 0.231 e. The summed E-state index contributed by atoms with van der Waals surface area (Å²) in [5.74, 6) is 2.89. The summed E-state index contributed by atoms with van der Waals surface area (Å²) in [7, 11) is 0. The SMILES string of the molecule is CC(C)Cc1nc2cc3c(cc2n1CC#N)OCO3. The Hall–Kier alpha value is -2.22. The van der Waals surface area contributed by atoms with Gasteiger partial charge in [-0.3, -0.25) is 0 Å². The molecular weight excluding hydrogens is 242 g/mol. The van der Waals surface area contributed by atoms with Gasteiger partial charge in [0.1, 0.15) is 12.4 Å². The Bertz CT molecular complexity index is 667. The fraction of sp³-hybridized carbons (Fsp3) is 0.429. The molecule has 19 heavy (non-hydrogen) atoms. The molecule has 3 rings (SSSR count). The highest BCUT2D eigenvalue weighted by atomic mass is 16.7. The number of nitriles is 1. The van der Waals surface area contributed by atoms with Crippen LogP contribution in [0, 0.1) is 17.2 Å². The largest absolute Gasteiger partial charge is 0.454 e. The molecule has 0 saturated heterocycles. The molecule has 0 N–H and O–H groups in total. The molecule has 5 nitrogen and oxygen atoms in total. The van der Waals surface area contributed by atoms with Gasteiger partial charge in [-0.1, -0.05) is 13.8 Å². The number of hydrogen-bond donors (Lipinski definition) is 0. The molecule has 0 aliphatic carbocycles. The summed E-state index contributed by atoms with van der Waals surface area (Å²) in [5.41, 5.74) is 1.79. The summed E-state index contributed by atoms with van der Waals surface area (Å²) in [6.45, 7) is 4.84. The molecule has 1 aromatic carbocycles. The molecule has 0 unspecified atom stereocenters. The molecule has 0 spiro atoms. The third-order valence-corrected chi connectivity index (χ3v) is 3.14. The van der Waals surface area contributed by atoms with E-state index in [9.17, 15) is 0 Å². The highest BCUT2D eigenvalue weighted by Gasteiger charge is 2.19. The van der Waals surface area contributed by atoms with Crippen LogP contribution in [-0.2, 0) is 13.0 Å². The van der Waals surface area contributed by atoms with Crippen LogP contribution in [0.1, 0.15) is 19.7 Å². The first-order valence-electron chi connectivity index (χ1n) is 6.34. The minimum absolute atomic E-state index is 0.249. The Morgan fingerprint density at radius 3 is 2.79 bits per heavy atom. The molecule has 1 aliphatic heterocycles. The number of benzene rings is 1. The van der Waals surface area contributed by atoms with Crippen molar-refractivity contribution >= 4 is 11.0 Å². The number of hydrogen-bond acceptors (Lipinski definition) is 4. The van der Waals surface area contributed by atoms with Crippen molar-refractivity contribution in [3.63, 3.8) is 0 Å². The molecule has 5 heteroatoms. The molecule has 0 saturated carbocycles. The zero-order valence-corrected chi connectivity index (χ0v) is 11.0. The molecule has 0 atom stereocenters. The van der Waals surface area contributed by atoms with Gasteiger partial charge in [-0.25, -0.2) is 4.98 Å². The van der Waals surface area contributed by atoms with Crippen molar-refractivity contribution in [1.29, 1.82) is 5.26 Å². The van der Waals surface area contributed by atoms with Crippen LogP contribution in [0.25, 0.3) is 11.0 Å².